The van der Waals surface area contributed by atoms with Gasteiger partial charge < -0.3 is 14.2 Å². The number of nitrogens with zero attached hydrogens (tertiary/aromatic N) is 4. The third-order valence-corrected chi connectivity index (χ3v) is 6.28. The van der Waals surface area contributed by atoms with Crippen molar-refractivity contribution in [2.75, 3.05) is 32.8 Å². The van der Waals surface area contributed by atoms with Gasteiger partial charge in [0.15, 0.2) is 5.82 Å². The summed E-state index contributed by atoms with van der Waals surface area (Å²) in [5.41, 5.74) is 1.28. The number of benzene rings is 1. The van der Waals surface area contributed by atoms with E-state index in [1.165, 1.54) is 5.56 Å². The van der Waals surface area contributed by atoms with Crippen LogP contribution < -0.4 is 4.74 Å². The Morgan fingerprint density at radius 1 is 1.16 bits per heavy atom. The van der Waals surface area contributed by atoms with Crippen LogP contribution in [0, 0.1) is 0 Å². The van der Waals surface area contributed by atoms with Gasteiger partial charge in [0.2, 0.25) is 5.91 Å². The van der Waals surface area contributed by atoms with Crippen LogP contribution in [0.4, 0.5) is 0 Å². The summed E-state index contributed by atoms with van der Waals surface area (Å²) in [6.07, 6.45) is 0.390. The minimum Gasteiger partial charge on any atom is -0.493 e. The lowest BCUT2D eigenvalue weighted by molar-refractivity contribution is -0.133. The molecule has 0 N–H and O–H groups in total. The number of piperazine rings is 1. The molecule has 1 saturated heterocycles. The lowest BCUT2D eigenvalue weighted by atomic mass is 10.0. The smallest absolute Gasteiger partial charge is 0.268 e. The van der Waals surface area contributed by atoms with E-state index in [9.17, 15) is 4.79 Å². The van der Waals surface area contributed by atoms with Crippen LogP contribution in [-0.4, -0.2) is 58.6 Å². The first-order chi connectivity index (χ1) is 15.1. The SMILES string of the molecule is CC(C)c1ccc(OCCC(=O)N2CCN(Cc3noc(-c4cccs4)n3)CC2)cc1. The van der Waals surface area contributed by atoms with Crippen molar-refractivity contribution in [3.05, 3.63) is 53.2 Å². The van der Waals surface area contributed by atoms with Crippen molar-refractivity contribution in [2.24, 2.45) is 0 Å². The predicted molar refractivity (Wildman–Crippen MR) is 120 cm³/mol. The molecule has 0 aliphatic carbocycles. The molecule has 0 saturated carbocycles. The van der Waals surface area contributed by atoms with Gasteiger partial charge in [-0.1, -0.05) is 37.2 Å². The number of ether oxygens (including phenoxy) is 1. The summed E-state index contributed by atoms with van der Waals surface area (Å²) in [6.45, 7) is 8.37. The van der Waals surface area contributed by atoms with Crippen molar-refractivity contribution in [2.45, 2.75) is 32.7 Å². The van der Waals surface area contributed by atoms with Gasteiger partial charge in [-0.2, -0.15) is 4.98 Å². The molecular formula is C23H28N4O3S. The van der Waals surface area contributed by atoms with Crippen molar-refractivity contribution >= 4 is 17.2 Å². The molecule has 31 heavy (non-hydrogen) atoms. The Hall–Kier alpha value is -2.71. The zero-order valence-electron chi connectivity index (χ0n) is 18.0. The zero-order valence-corrected chi connectivity index (χ0v) is 18.8. The Bertz CT molecular complexity index is 961. The van der Waals surface area contributed by atoms with Gasteiger partial charge in [0, 0.05) is 26.2 Å². The van der Waals surface area contributed by atoms with Gasteiger partial charge in [-0.05, 0) is 35.1 Å². The number of thiophene rings is 1. The second-order valence-electron chi connectivity index (χ2n) is 7.97. The van der Waals surface area contributed by atoms with Gasteiger partial charge in [0.1, 0.15) is 5.75 Å². The first-order valence-electron chi connectivity index (χ1n) is 10.7. The molecule has 7 nitrogen and oxygen atoms in total. The summed E-state index contributed by atoms with van der Waals surface area (Å²) in [4.78, 5) is 22.1. The van der Waals surface area contributed by atoms with Crippen molar-refractivity contribution in [1.82, 2.24) is 19.9 Å². The Morgan fingerprint density at radius 3 is 2.61 bits per heavy atom. The highest BCUT2D eigenvalue weighted by Gasteiger charge is 2.22. The Kier molecular flexibility index (Phi) is 6.99. The predicted octanol–water partition coefficient (Wildman–Crippen LogP) is 4.03. The van der Waals surface area contributed by atoms with Crippen molar-refractivity contribution in [3.63, 3.8) is 0 Å². The summed E-state index contributed by atoms with van der Waals surface area (Å²) in [6, 6.07) is 12.0. The van der Waals surface area contributed by atoms with Crippen molar-refractivity contribution in [1.29, 1.82) is 0 Å². The molecule has 1 aliphatic rings. The van der Waals surface area contributed by atoms with Crippen LogP contribution in [0.1, 0.15) is 37.6 Å². The monoisotopic (exact) mass is 440 g/mol. The Morgan fingerprint density at radius 2 is 1.94 bits per heavy atom. The molecule has 1 fully saturated rings. The molecule has 3 heterocycles. The fraction of sp³-hybridized carbons (Fsp3) is 0.435. The standard InChI is InChI=1S/C23H28N4O3S/c1-17(2)18-5-7-19(8-6-18)29-14-9-22(28)27-12-10-26(11-13-27)16-21-24-23(30-25-21)20-4-3-15-31-20/h3-8,15,17H,9-14,16H2,1-2H3. The fourth-order valence-electron chi connectivity index (χ4n) is 3.54. The van der Waals surface area contributed by atoms with Crippen LogP contribution in [-0.2, 0) is 11.3 Å². The molecule has 1 aromatic carbocycles. The van der Waals surface area contributed by atoms with E-state index in [1.54, 1.807) is 11.3 Å². The number of carbonyl (C=O) groups is 1. The number of rotatable bonds is 8. The van der Waals surface area contributed by atoms with Crippen molar-refractivity contribution in [3.8, 4) is 16.5 Å². The second kappa shape index (κ2) is 10.1. The minimum absolute atomic E-state index is 0.137. The van der Waals surface area contributed by atoms with E-state index >= 15 is 0 Å². The van der Waals surface area contributed by atoms with Crippen LogP contribution in [0.3, 0.4) is 0 Å². The summed E-state index contributed by atoms with van der Waals surface area (Å²) < 4.78 is 11.1. The van der Waals surface area contributed by atoms with Gasteiger partial charge in [-0.3, -0.25) is 9.69 Å². The van der Waals surface area contributed by atoms with E-state index in [0.29, 0.717) is 50.3 Å². The average Bonchev–Trinajstić information content (AvgIpc) is 3.46. The molecule has 1 amide bonds. The highest BCUT2D eigenvalue weighted by molar-refractivity contribution is 7.13. The van der Waals surface area contributed by atoms with Gasteiger partial charge in [-0.15, -0.1) is 11.3 Å². The lowest BCUT2D eigenvalue weighted by Gasteiger charge is -2.34. The molecule has 0 unspecified atom stereocenters. The molecule has 0 spiro atoms. The van der Waals surface area contributed by atoms with Gasteiger partial charge >= 0.3 is 0 Å². The van der Waals surface area contributed by atoms with Crippen LogP contribution in [0.2, 0.25) is 0 Å². The molecule has 0 bridgehead atoms. The average molecular weight is 441 g/mol. The maximum atomic E-state index is 12.5. The molecule has 2 aromatic heterocycles. The third kappa shape index (κ3) is 5.71. The maximum absolute atomic E-state index is 12.5. The quantitative estimate of drug-likeness (QED) is 0.527. The topological polar surface area (TPSA) is 71.7 Å². The van der Waals surface area contributed by atoms with E-state index in [2.05, 4.69) is 41.0 Å². The highest BCUT2D eigenvalue weighted by atomic mass is 32.1. The van der Waals surface area contributed by atoms with Crippen molar-refractivity contribution < 1.29 is 14.1 Å². The normalized spacial score (nSPS) is 14.9. The molecule has 0 radical (unpaired) electrons. The van der Waals surface area contributed by atoms with E-state index < -0.39 is 0 Å². The summed E-state index contributed by atoms with van der Waals surface area (Å²) in [5, 5.41) is 6.08. The second-order valence-corrected chi connectivity index (χ2v) is 8.92. The maximum Gasteiger partial charge on any atom is 0.268 e. The van der Waals surface area contributed by atoms with E-state index in [0.717, 1.165) is 23.7 Å². The number of hydrogen-bond acceptors (Lipinski definition) is 7. The first kappa shape index (κ1) is 21.5. The fourth-order valence-corrected chi connectivity index (χ4v) is 4.18. The van der Waals surface area contributed by atoms with E-state index in [-0.39, 0.29) is 5.91 Å². The lowest BCUT2D eigenvalue weighted by Crippen LogP contribution is -2.48. The van der Waals surface area contributed by atoms with Crippen LogP contribution >= 0.6 is 11.3 Å². The number of amides is 1. The summed E-state index contributed by atoms with van der Waals surface area (Å²) in [7, 11) is 0. The molecular weight excluding hydrogens is 412 g/mol. The van der Waals surface area contributed by atoms with Gasteiger partial charge in [-0.25, -0.2) is 0 Å². The summed E-state index contributed by atoms with van der Waals surface area (Å²) >= 11 is 1.58. The molecule has 1 aliphatic heterocycles. The third-order valence-electron chi connectivity index (χ3n) is 5.42. The molecule has 8 heteroatoms. The molecule has 164 valence electrons. The van der Waals surface area contributed by atoms with Crippen LogP contribution in [0.15, 0.2) is 46.3 Å². The molecule has 3 aromatic rings. The Balaban J connectivity index is 1.17. The summed E-state index contributed by atoms with van der Waals surface area (Å²) in [5.74, 6) is 2.69. The van der Waals surface area contributed by atoms with Crippen LogP contribution in [0.5, 0.6) is 5.75 Å². The number of carbonyl (C=O) groups excluding carboxylic acids is 1. The van der Waals surface area contributed by atoms with Gasteiger partial charge in [0.05, 0.1) is 24.4 Å². The minimum atomic E-state index is 0.137. The van der Waals surface area contributed by atoms with Crippen LogP contribution in [0.25, 0.3) is 10.8 Å². The largest absolute Gasteiger partial charge is 0.493 e. The number of aromatic nitrogens is 2. The van der Waals surface area contributed by atoms with E-state index in [4.69, 9.17) is 9.26 Å². The highest BCUT2D eigenvalue weighted by Crippen LogP contribution is 2.23. The first-order valence-corrected chi connectivity index (χ1v) is 11.6. The van der Waals surface area contributed by atoms with E-state index in [1.807, 2.05) is 34.5 Å². The zero-order chi connectivity index (χ0) is 21.6. The Labute approximate surface area is 186 Å². The molecule has 4 rings (SSSR count). The van der Waals surface area contributed by atoms with Gasteiger partial charge in [0.25, 0.3) is 5.89 Å². The number of hydrogen-bond donors (Lipinski definition) is 0. The molecule has 0 atom stereocenters.